The van der Waals surface area contributed by atoms with Gasteiger partial charge in [0, 0.05) is 5.88 Å². The maximum Gasteiger partial charge on any atom is 0.417 e. The molecule has 1 unspecified atom stereocenters. The predicted molar refractivity (Wildman–Crippen MR) is 68.1 cm³/mol. The van der Waals surface area contributed by atoms with E-state index in [0.29, 0.717) is 6.07 Å². The van der Waals surface area contributed by atoms with E-state index in [0.717, 1.165) is 12.1 Å². The molecule has 0 heterocycles. The van der Waals surface area contributed by atoms with E-state index < -0.39 is 32.4 Å². The van der Waals surface area contributed by atoms with Crippen molar-refractivity contribution in [1.29, 1.82) is 5.26 Å². The van der Waals surface area contributed by atoms with E-state index in [2.05, 4.69) is 0 Å². The number of nitriles is 1. The third-order valence-electron chi connectivity index (χ3n) is 2.79. The molecule has 1 atom stereocenters. The molecule has 0 aliphatic heterocycles. The topological polar surface area (TPSA) is 57.9 Å². The summed E-state index contributed by atoms with van der Waals surface area (Å²) in [4.78, 5) is -0.306. The van der Waals surface area contributed by atoms with Crippen LogP contribution in [0.15, 0.2) is 23.1 Å². The summed E-state index contributed by atoms with van der Waals surface area (Å²) in [6, 6.07) is 3.60. The number of alkyl halides is 4. The van der Waals surface area contributed by atoms with Gasteiger partial charge in [0.25, 0.3) is 0 Å². The molecule has 0 radical (unpaired) electrons. The minimum atomic E-state index is -4.70. The van der Waals surface area contributed by atoms with Gasteiger partial charge < -0.3 is 0 Å². The molecule has 1 aromatic rings. The highest BCUT2D eigenvalue weighted by molar-refractivity contribution is 7.92. The summed E-state index contributed by atoms with van der Waals surface area (Å²) in [7, 11) is -3.80. The highest BCUT2D eigenvalue weighted by Crippen LogP contribution is 2.33. The number of halogens is 4. The average molecular weight is 326 g/mol. The molecule has 0 spiro atoms. The van der Waals surface area contributed by atoms with Crippen LogP contribution in [0.1, 0.15) is 24.5 Å². The Morgan fingerprint density at radius 1 is 1.40 bits per heavy atom. The fourth-order valence-electron chi connectivity index (χ4n) is 1.58. The Morgan fingerprint density at radius 3 is 2.45 bits per heavy atom. The first-order chi connectivity index (χ1) is 9.14. The van der Waals surface area contributed by atoms with Gasteiger partial charge in [-0.05, 0) is 31.5 Å². The Kier molecular flexibility index (Phi) is 5.05. The van der Waals surface area contributed by atoms with Crippen LogP contribution in [0.25, 0.3) is 0 Å². The van der Waals surface area contributed by atoms with Gasteiger partial charge in [-0.3, -0.25) is 0 Å². The van der Waals surface area contributed by atoms with Crippen LogP contribution in [-0.2, 0) is 16.0 Å². The minimum Gasteiger partial charge on any atom is -0.223 e. The van der Waals surface area contributed by atoms with Crippen molar-refractivity contribution in [3.63, 3.8) is 0 Å². The van der Waals surface area contributed by atoms with Crippen molar-refractivity contribution in [1.82, 2.24) is 0 Å². The highest BCUT2D eigenvalue weighted by atomic mass is 35.5. The largest absolute Gasteiger partial charge is 0.417 e. The van der Waals surface area contributed by atoms with Gasteiger partial charge in [0.05, 0.1) is 27.3 Å². The number of hydrogen-bond donors (Lipinski definition) is 0. The summed E-state index contributed by atoms with van der Waals surface area (Å²) in [6.45, 7) is 1.42. The Balaban J connectivity index is 3.35. The first kappa shape index (κ1) is 16.8. The first-order valence-corrected chi connectivity index (χ1v) is 7.64. The van der Waals surface area contributed by atoms with E-state index >= 15 is 0 Å². The SMILES string of the molecule is CC(CCCl)S(=O)(=O)c1ccc(C(F)(F)F)c(C#N)c1. The van der Waals surface area contributed by atoms with Crippen LogP contribution in [0.3, 0.4) is 0 Å². The first-order valence-electron chi connectivity index (χ1n) is 5.55. The van der Waals surface area contributed by atoms with Gasteiger partial charge in [-0.1, -0.05) is 0 Å². The molecule has 1 rings (SSSR count). The van der Waals surface area contributed by atoms with Crippen molar-refractivity contribution >= 4 is 21.4 Å². The van der Waals surface area contributed by atoms with Crippen LogP contribution in [0.2, 0.25) is 0 Å². The Morgan fingerprint density at radius 2 is 2.00 bits per heavy atom. The quantitative estimate of drug-likeness (QED) is 0.797. The van der Waals surface area contributed by atoms with Crippen molar-refractivity contribution < 1.29 is 21.6 Å². The van der Waals surface area contributed by atoms with Crippen molar-refractivity contribution in [3.8, 4) is 6.07 Å². The van der Waals surface area contributed by atoms with E-state index in [1.54, 1.807) is 0 Å². The zero-order valence-corrected chi connectivity index (χ0v) is 12.0. The molecule has 1 aromatic carbocycles. The smallest absolute Gasteiger partial charge is 0.223 e. The van der Waals surface area contributed by atoms with Crippen LogP contribution >= 0.6 is 11.6 Å². The summed E-state index contributed by atoms with van der Waals surface area (Å²) in [5, 5.41) is 7.92. The molecule has 0 amide bonds. The second-order valence-corrected chi connectivity index (χ2v) is 6.89. The molecule has 0 aliphatic rings. The fourth-order valence-corrected chi connectivity index (χ4v) is 3.47. The summed E-state index contributed by atoms with van der Waals surface area (Å²) >= 11 is 5.47. The van der Waals surface area contributed by atoms with E-state index in [4.69, 9.17) is 16.9 Å². The molecule has 0 saturated carbocycles. The third kappa shape index (κ3) is 3.44. The van der Waals surface area contributed by atoms with Crippen molar-refractivity contribution in [2.45, 2.75) is 29.7 Å². The standard InChI is InChI=1S/C12H11ClF3NO2S/c1-8(4-5-13)20(18,19)10-2-3-11(12(14,15)16)9(6-10)7-17/h2-3,6,8H,4-5H2,1H3. The van der Waals surface area contributed by atoms with Gasteiger partial charge in [-0.2, -0.15) is 18.4 Å². The molecule has 0 fully saturated rings. The van der Waals surface area contributed by atoms with Gasteiger partial charge in [0.1, 0.15) is 0 Å². The molecular weight excluding hydrogens is 315 g/mol. The van der Waals surface area contributed by atoms with Crippen LogP contribution < -0.4 is 0 Å². The number of benzene rings is 1. The van der Waals surface area contributed by atoms with Crippen molar-refractivity contribution in [3.05, 3.63) is 29.3 Å². The molecule has 3 nitrogen and oxygen atoms in total. The Hall–Kier alpha value is -1.26. The molecule has 0 aliphatic carbocycles. The fraction of sp³-hybridized carbons (Fsp3) is 0.417. The molecule has 0 aromatic heterocycles. The van der Waals surface area contributed by atoms with E-state index in [9.17, 15) is 21.6 Å². The van der Waals surface area contributed by atoms with Gasteiger partial charge in [-0.25, -0.2) is 8.42 Å². The molecular formula is C12H11ClF3NO2S. The Labute approximate surface area is 119 Å². The second kappa shape index (κ2) is 6.02. The lowest BCUT2D eigenvalue weighted by atomic mass is 10.1. The minimum absolute atomic E-state index is 0.117. The number of hydrogen-bond acceptors (Lipinski definition) is 3. The van der Waals surface area contributed by atoms with E-state index in [-0.39, 0.29) is 17.2 Å². The number of rotatable bonds is 4. The molecule has 110 valence electrons. The molecule has 0 N–H and O–H groups in total. The highest BCUT2D eigenvalue weighted by Gasteiger charge is 2.34. The van der Waals surface area contributed by atoms with E-state index in [1.165, 1.54) is 13.0 Å². The van der Waals surface area contributed by atoms with Gasteiger partial charge in [0.15, 0.2) is 9.84 Å². The zero-order chi connectivity index (χ0) is 15.6. The monoisotopic (exact) mass is 325 g/mol. The van der Waals surface area contributed by atoms with E-state index in [1.807, 2.05) is 0 Å². The number of nitrogens with zero attached hydrogens (tertiary/aromatic N) is 1. The third-order valence-corrected chi connectivity index (χ3v) is 5.22. The summed E-state index contributed by atoms with van der Waals surface area (Å²) in [5.74, 6) is 0.117. The zero-order valence-electron chi connectivity index (χ0n) is 10.4. The normalized spacial score (nSPS) is 13.8. The lowest BCUT2D eigenvalue weighted by Crippen LogP contribution is -2.19. The molecule has 0 bridgehead atoms. The van der Waals surface area contributed by atoms with Gasteiger partial charge >= 0.3 is 6.18 Å². The lowest BCUT2D eigenvalue weighted by Gasteiger charge is -2.14. The number of sulfone groups is 1. The second-order valence-electron chi connectivity index (χ2n) is 4.15. The van der Waals surface area contributed by atoms with Crippen LogP contribution in [0.4, 0.5) is 13.2 Å². The molecule has 8 heteroatoms. The lowest BCUT2D eigenvalue weighted by molar-refractivity contribution is -0.137. The van der Waals surface area contributed by atoms with Gasteiger partial charge in [-0.15, -0.1) is 11.6 Å². The summed E-state index contributed by atoms with van der Waals surface area (Å²) in [6.07, 6.45) is -4.53. The van der Waals surface area contributed by atoms with Crippen LogP contribution in [0, 0.1) is 11.3 Å². The average Bonchev–Trinajstić information content (AvgIpc) is 2.37. The van der Waals surface area contributed by atoms with Crippen LogP contribution in [-0.4, -0.2) is 19.5 Å². The maximum atomic E-state index is 12.6. The summed E-state index contributed by atoms with van der Waals surface area (Å²) < 4.78 is 62.1. The Bertz CT molecular complexity index is 635. The molecule has 0 saturated heterocycles. The van der Waals surface area contributed by atoms with Crippen LogP contribution in [0.5, 0.6) is 0 Å². The van der Waals surface area contributed by atoms with Gasteiger partial charge in [0.2, 0.25) is 0 Å². The molecule has 20 heavy (non-hydrogen) atoms. The van der Waals surface area contributed by atoms with Crippen molar-refractivity contribution in [2.24, 2.45) is 0 Å². The summed E-state index contributed by atoms with van der Waals surface area (Å²) in [5.41, 5.74) is -1.86. The predicted octanol–water partition coefficient (Wildman–Crippen LogP) is 3.37. The maximum absolute atomic E-state index is 12.6. The van der Waals surface area contributed by atoms with Crippen molar-refractivity contribution in [2.75, 3.05) is 5.88 Å².